The van der Waals surface area contributed by atoms with Gasteiger partial charge in [0.05, 0.1) is 31.5 Å². The van der Waals surface area contributed by atoms with E-state index in [2.05, 4.69) is 11.0 Å². The van der Waals surface area contributed by atoms with Crippen molar-refractivity contribution in [2.75, 3.05) is 57.9 Å². The fourth-order valence-corrected chi connectivity index (χ4v) is 6.64. The van der Waals surface area contributed by atoms with Crippen LogP contribution in [0.4, 0.5) is 10.5 Å². The van der Waals surface area contributed by atoms with Crippen molar-refractivity contribution >= 4 is 29.2 Å². The first-order chi connectivity index (χ1) is 20.5. The molecule has 228 valence electrons. The molecular weight excluding hydrogens is 554 g/mol. The van der Waals surface area contributed by atoms with Crippen LogP contribution in [0.2, 0.25) is 0 Å². The number of carbonyl (C=O) groups is 3. The molecule has 0 aliphatic carbocycles. The summed E-state index contributed by atoms with van der Waals surface area (Å²) < 4.78 is 21.9. The lowest BCUT2D eigenvalue weighted by Crippen LogP contribution is -2.54. The molecule has 4 aliphatic rings. The highest BCUT2D eigenvalue weighted by Gasteiger charge is 2.65. The van der Waals surface area contributed by atoms with Gasteiger partial charge in [-0.1, -0.05) is 6.08 Å². The molecule has 1 aromatic rings. The van der Waals surface area contributed by atoms with Gasteiger partial charge < -0.3 is 34.5 Å². The van der Waals surface area contributed by atoms with Gasteiger partial charge in [-0.2, -0.15) is 5.26 Å². The summed E-state index contributed by atoms with van der Waals surface area (Å²) in [6.07, 6.45) is 1.72. The molecule has 12 heteroatoms. The fraction of sp³-hybridized carbons (Fsp3) is 0.484. The Hall–Kier alpha value is -4.50. The first-order valence-electron chi connectivity index (χ1n) is 14.4. The topological polar surface area (TPSA) is 148 Å². The molecule has 2 N–H and O–H groups in total. The van der Waals surface area contributed by atoms with Crippen molar-refractivity contribution in [2.24, 2.45) is 5.73 Å². The van der Waals surface area contributed by atoms with Gasteiger partial charge in [-0.15, -0.1) is 0 Å². The van der Waals surface area contributed by atoms with Gasteiger partial charge in [-0.25, -0.2) is 9.59 Å². The van der Waals surface area contributed by atoms with E-state index < -0.39 is 22.8 Å². The second-order valence-corrected chi connectivity index (χ2v) is 11.4. The summed E-state index contributed by atoms with van der Waals surface area (Å²) in [6, 6.07) is 5.64. The predicted molar refractivity (Wildman–Crippen MR) is 156 cm³/mol. The zero-order chi connectivity index (χ0) is 31.3. The number of fused-ring (bicyclic) bond motifs is 1. The quantitative estimate of drug-likeness (QED) is 0.490. The Morgan fingerprint density at radius 3 is 2.40 bits per heavy atom. The van der Waals surface area contributed by atoms with E-state index in [-0.39, 0.29) is 35.5 Å². The van der Waals surface area contributed by atoms with Gasteiger partial charge in [0, 0.05) is 43.9 Å². The third-order valence-corrected chi connectivity index (χ3v) is 8.42. The van der Waals surface area contributed by atoms with Gasteiger partial charge >= 0.3 is 12.1 Å². The third kappa shape index (κ3) is 4.50. The Morgan fingerprint density at radius 2 is 1.79 bits per heavy atom. The summed E-state index contributed by atoms with van der Waals surface area (Å²) in [7, 11) is 1.52. The SMILES string of the molecule is CCOC(=O)C1=C(C)OC(N)=C(C#N)C12C(=O)N1c3c(cc(OC)cc32)C(CN2CCN(C(=O)OCC)CC2)=CC1(C)C. The van der Waals surface area contributed by atoms with Gasteiger partial charge in [-0.3, -0.25) is 9.69 Å². The molecule has 2 amide bonds. The van der Waals surface area contributed by atoms with E-state index in [0.29, 0.717) is 56.3 Å². The Bertz CT molecular complexity index is 1530. The Kier molecular flexibility index (Phi) is 7.64. The number of nitriles is 1. The average Bonchev–Trinajstić information content (AvgIpc) is 3.21. The van der Waals surface area contributed by atoms with Crippen LogP contribution in [0.5, 0.6) is 5.75 Å². The number of amides is 2. The zero-order valence-corrected chi connectivity index (χ0v) is 25.4. The van der Waals surface area contributed by atoms with Gasteiger partial charge in [0.15, 0.2) is 5.41 Å². The van der Waals surface area contributed by atoms with E-state index in [1.807, 2.05) is 26.0 Å². The van der Waals surface area contributed by atoms with Crippen molar-refractivity contribution < 1.29 is 33.3 Å². The van der Waals surface area contributed by atoms with Crippen LogP contribution in [-0.4, -0.2) is 86.4 Å². The summed E-state index contributed by atoms with van der Waals surface area (Å²) in [5.41, 5.74) is 5.95. The number of anilines is 1. The number of carbonyl (C=O) groups excluding carboxylic acids is 3. The van der Waals surface area contributed by atoms with Gasteiger partial charge in [0.2, 0.25) is 11.8 Å². The van der Waals surface area contributed by atoms with Crippen molar-refractivity contribution in [1.82, 2.24) is 9.80 Å². The Balaban J connectivity index is 1.67. The van der Waals surface area contributed by atoms with Crippen LogP contribution in [0.15, 0.2) is 41.0 Å². The number of benzene rings is 1. The molecule has 0 aromatic heterocycles. The molecule has 4 heterocycles. The number of piperazine rings is 1. The number of esters is 1. The summed E-state index contributed by atoms with van der Waals surface area (Å²) in [6.45, 7) is 12.1. The molecule has 1 unspecified atom stereocenters. The van der Waals surface area contributed by atoms with Crippen molar-refractivity contribution in [1.29, 1.82) is 5.26 Å². The molecule has 0 bridgehead atoms. The third-order valence-electron chi connectivity index (χ3n) is 8.42. The van der Waals surface area contributed by atoms with E-state index in [9.17, 15) is 19.6 Å². The summed E-state index contributed by atoms with van der Waals surface area (Å²) >= 11 is 0. The lowest BCUT2D eigenvalue weighted by molar-refractivity contribution is -0.141. The molecule has 43 heavy (non-hydrogen) atoms. The van der Waals surface area contributed by atoms with Crippen LogP contribution < -0.4 is 15.4 Å². The number of nitrogens with two attached hydrogens (primary N) is 1. The van der Waals surface area contributed by atoms with E-state index in [4.69, 9.17) is 24.7 Å². The molecule has 1 atom stereocenters. The molecule has 1 aromatic carbocycles. The first-order valence-corrected chi connectivity index (χ1v) is 14.4. The molecule has 5 rings (SSSR count). The standard InChI is InChI=1S/C31H37N5O7/c1-7-41-27(37)24-18(3)43-26(33)23(16-32)31(24)22-14-20(40-6)13-21-19(15-30(4,5)36(25(21)22)28(31)38)17-34-9-11-35(12-10-34)29(39)42-8-2/h13-15H,7-12,17,33H2,1-6H3. The van der Waals surface area contributed by atoms with Gasteiger partial charge in [-0.05, 0) is 52.3 Å². The molecular formula is C31H37N5O7. The lowest BCUT2D eigenvalue weighted by Gasteiger charge is -2.42. The van der Waals surface area contributed by atoms with Crippen LogP contribution in [0.3, 0.4) is 0 Å². The van der Waals surface area contributed by atoms with Crippen LogP contribution in [0, 0.1) is 11.3 Å². The Morgan fingerprint density at radius 1 is 1.12 bits per heavy atom. The van der Waals surface area contributed by atoms with E-state index in [1.165, 1.54) is 14.0 Å². The van der Waals surface area contributed by atoms with Crippen molar-refractivity contribution in [3.05, 3.63) is 52.1 Å². The number of rotatable bonds is 6. The zero-order valence-electron chi connectivity index (χ0n) is 25.4. The number of nitrogens with zero attached hydrogens (tertiary/aromatic N) is 4. The van der Waals surface area contributed by atoms with Crippen molar-refractivity contribution in [3.8, 4) is 11.8 Å². The van der Waals surface area contributed by atoms with Gasteiger partial charge in [0.25, 0.3) is 0 Å². The number of methoxy groups -OCH3 is 1. The van der Waals surface area contributed by atoms with E-state index >= 15 is 0 Å². The van der Waals surface area contributed by atoms with Crippen LogP contribution in [0.1, 0.15) is 45.7 Å². The highest BCUT2D eigenvalue weighted by Crippen LogP contribution is 2.60. The van der Waals surface area contributed by atoms with E-state index in [1.54, 1.807) is 29.7 Å². The first kappa shape index (κ1) is 30.0. The number of allylic oxidation sites excluding steroid dienone is 1. The second-order valence-electron chi connectivity index (χ2n) is 11.4. The average molecular weight is 592 g/mol. The number of hydrogen-bond acceptors (Lipinski definition) is 10. The normalized spacial score (nSPS) is 22.6. The Labute approximate surface area is 250 Å². The molecule has 0 saturated carbocycles. The molecule has 1 fully saturated rings. The molecule has 12 nitrogen and oxygen atoms in total. The highest BCUT2D eigenvalue weighted by atomic mass is 16.6. The molecule has 0 radical (unpaired) electrons. The molecule has 4 aliphatic heterocycles. The van der Waals surface area contributed by atoms with E-state index in [0.717, 1.165) is 11.1 Å². The summed E-state index contributed by atoms with van der Waals surface area (Å²) in [4.78, 5) is 46.2. The molecule has 1 spiro atoms. The van der Waals surface area contributed by atoms with Gasteiger partial charge in [0.1, 0.15) is 28.7 Å². The summed E-state index contributed by atoms with van der Waals surface area (Å²) in [5, 5.41) is 10.4. The molecule has 1 saturated heterocycles. The van der Waals surface area contributed by atoms with Crippen LogP contribution in [0.25, 0.3) is 5.57 Å². The van der Waals surface area contributed by atoms with Crippen molar-refractivity contribution in [3.63, 3.8) is 0 Å². The maximum absolute atomic E-state index is 14.9. The maximum atomic E-state index is 14.9. The number of ether oxygens (including phenoxy) is 4. The minimum absolute atomic E-state index is 0.0571. The fourth-order valence-electron chi connectivity index (χ4n) is 6.64. The lowest BCUT2D eigenvalue weighted by atomic mass is 9.68. The number of hydrogen-bond donors (Lipinski definition) is 1. The summed E-state index contributed by atoms with van der Waals surface area (Å²) in [5.74, 6) is -0.974. The predicted octanol–water partition coefficient (Wildman–Crippen LogP) is 2.79. The van der Waals surface area contributed by atoms with Crippen molar-refractivity contribution in [2.45, 2.75) is 45.6 Å². The minimum atomic E-state index is -1.89. The second kappa shape index (κ2) is 11.0. The highest BCUT2D eigenvalue weighted by molar-refractivity contribution is 6.21. The smallest absolute Gasteiger partial charge is 0.409 e. The monoisotopic (exact) mass is 591 g/mol. The maximum Gasteiger partial charge on any atom is 0.409 e. The minimum Gasteiger partial charge on any atom is -0.497 e. The largest absolute Gasteiger partial charge is 0.497 e. The van der Waals surface area contributed by atoms with Crippen LogP contribution >= 0.6 is 0 Å². The van der Waals surface area contributed by atoms with Crippen LogP contribution in [-0.2, 0) is 29.2 Å².